The first kappa shape index (κ1) is 38.6. The molecule has 2 aliphatic carbocycles. The van der Waals surface area contributed by atoms with Gasteiger partial charge < -0.3 is 18.6 Å². The number of rotatable bonds is 5. The van der Waals surface area contributed by atoms with Crippen LogP contribution in [0.3, 0.4) is 0 Å². The Labute approximate surface area is 385 Å². The number of nitrogens with zero attached hydrogens (tertiary/aromatic N) is 4. The van der Waals surface area contributed by atoms with Crippen LogP contribution in [-0.4, -0.2) is 20.2 Å². The van der Waals surface area contributed by atoms with Gasteiger partial charge in [-0.05, 0) is 121 Å². The monoisotopic (exact) mass is 850 g/mol. The van der Waals surface area contributed by atoms with Crippen molar-refractivity contribution in [3.8, 4) is 28.2 Å². The molecule has 0 fully saturated rings. The molecule has 0 bridgehead atoms. The van der Waals surface area contributed by atoms with Crippen LogP contribution in [0.15, 0.2) is 212 Å². The van der Waals surface area contributed by atoms with Crippen molar-refractivity contribution in [2.24, 2.45) is 11.8 Å². The van der Waals surface area contributed by atoms with E-state index >= 15 is 0 Å². The Morgan fingerprint density at radius 1 is 0.455 bits per heavy atom. The van der Waals surface area contributed by atoms with Crippen molar-refractivity contribution in [3.63, 3.8) is 0 Å². The summed E-state index contributed by atoms with van der Waals surface area (Å²) in [6.07, 6.45) is 21.5. The second-order valence-electron chi connectivity index (χ2n) is 18.6. The zero-order valence-corrected chi connectivity index (χ0v) is 37.4. The average molecular weight is 851 g/mol. The molecule has 0 saturated carbocycles. The number of para-hydroxylation sites is 3. The van der Waals surface area contributed by atoms with E-state index in [-0.39, 0.29) is 0 Å². The molecule has 4 heterocycles. The van der Waals surface area contributed by atoms with E-state index in [2.05, 4.69) is 239 Å². The number of allylic oxidation sites excluding steroid dienone is 7. The van der Waals surface area contributed by atoms with Crippen LogP contribution in [0.25, 0.3) is 88.8 Å². The second kappa shape index (κ2) is 15.4. The van der Waals surface area contributed by atoms with Crippen molar-refractivity contribution in [3.05, 3.63) is 223 Å². The van der Waals surface area contributed by atoms with Gasteiger partial charge in [0.05, 0.1) is 27.6 Å². The molecule has 0 N–H and O–H groups in total. The van der Waals surface area contributed by atoms with Crippen molar-refractivity contribution in [1.82, 2.24) is 13.7 Å². The van der Waals surface area contributed by atoms with Crippen molar-refractivity contribution in [1.29, 1.82) is 0 Å². The Morgan fingerprint density at radius 2 is 0.985 bits per heavy atom. The van der Waals surface area contributed by atoms with Gasteiger partial charge in [0.15, 0.2) is 0 Å². The minimum atomic E-state index is 0.470. The summed E-state index contributed by atoms with van der Waals surface area (Å²) in [5.41, 5.74) is 18.8. The predicted octanol–water partition coefficient (Wildman–Crippen LogP) is 15.9. The molecule has 2 atom stereocenters. The summed E-state index contributed by atoms with van der Waals surface area (Å²) in [7, 11) is 0. The molecule has 0 amide bonds. The van der Waals surface area contributed by atoms with Crippen LogP contribution in [0.1, 0.15) is 37.9 Å². The minimum Gasteiger partial charge on any atom is -0.338 e. The Bertz CT molecular complexity index is 3670. The highest BCUT2D eigenvalue weighted by atomic mass is 15.1. The summed E-state index contributed by atoms with van der Waals surface area (Å²) in [6.45, 7) is 5.51. The molecule has 1 aliphatic heterocycles. The van der Waals surface area contributed by atoms with Crippen LogP contribution in [0.4, 0.5) is 5.69 Å². The lowest BCUT2D eigenvalue weighted by molar-refractivity contribution is 0.655. The lowest BCUT2D eigenvalue weighted by Gasteiger charge is -2.31. The van der Waals surface area contributed by atoms with Gasteiger partial charge in [-0.15, -0.1) is 0 Å². The standard InChI is InChI=1S/C62H50N4/c1-41-23-34-53-55-36-33-48(66-58-20-10-6-16-50(58)51-17-7-11-21-59(51)66)40-62(55)65(60(53)38-41)46-30-26-44(27-31-46)43-24-28-45(29-25-43)64-57-19-9-8-18-52(57)54-35-32-47(39-61(54)64)63-37-12-4-3-5-15-49-42(2)14-13-22-56(49)63/h3-13,16-36,39-42H,14-15,37-38H2,1-2H3/b5-3-,12-4-/t41?,42-/m1/s1. The average Bonchev–Trinajstić information content (AvgIpc) is 4.01. The molecule has 7 aromatic carbocycles. The molecule has 3 aliphatic rings. The maximum Gasteiger partial charge on any atom is 0.0561 e. The molecule has 66 heavy (non-hydrogen) atoms. The second-order valence-corrected chi connectivity index (χ2v) is 18.6. The van der Waals surface area contributed by atoms with E-state index in [0.29, 0.717) is 11.8 Å². The van der Waals surface area contributed by atoms with Crippen LogP contribution < -0.4 is 4.90 Å². The normalized spacial score (nSPS) is 18.2. The molecule has 0 spiro atoms. The van der Waals surface area contributed by atoms with E-state index in [1.54, 1.807) is 0 Å². The Morgan fingerprint density at radius 3 is 1.67 bits per heavy atom. The van der Waals surface area contributed by atoms with Crippen molar-refractivity contribution in [2.75, 3.05) is 11.4 Å². The SMILES string of the molecule is CC1C=Cc2c(n(-c3ccc(-c4ccc(-n5c6ccccc6c6ccc(N7C/C=C\C=C/CC8=C7C=CC[C@H]8C)cc65)cc4)cc3)c3cc(-n4c5ccccc5c5ccccc54)ccc23)C1. The summed E-state index contributed by atoms with van der Waals surface area (Å²) < 4.78 is 7.40. The molecule has 1 unspecified atom stereocenters. The number of anilines is 1. The van der Waals surface area contributed by atoms with E-state index < -0.39 is 0 Å². The van der Waals surface area contributed by atoms with Crippen LogP contribution >= 0.6 is 0 Å². The van der Waals surface area contributed by atoms with Gasteiger partial charge in [0.1, 0.15) is 0 Å². The Kier molecular flexibility index (Phi) is 9.02. The molecular weight excluding hydrogens is 801 g/mol. The summed E-state index contributed by atoms with van der Waals surface area (Å²) in [4.78, 5) is 2.51. The number of hydrogen-bond donors (Lipinski definition) is 0. The highest BCUT2D eigenvalue weighted by Crippen LogP contribution is 2.41. The first-order valence-electron chi connectivity index (χ1n) is 23.6. The third-order valence-corrected chi connectivity index (χ3v) is 14.6. The summed E-state index contributed by atoms with van der Waals surface area (Å²) in [5, 5.41) is 6.39. The molecule has 0 saturated heterocycles. The van der Waals surface area contributed by atoms with Crippen molar-refractivity contribution < 1.29 is 0 Å². The molecule has 4 heteroatoms. The highest BCUT2D eigenvalue weighted by molar-refractivity contribution is 6.11. The third-order valence-electron chi connectivity index (χ3n) is 14.6. The lowest BCUT2D eigenvalue weighted by Crippen LogP contribution is -2.25. The summed E-state index contributed by atoms with van der Waals surface area (Å²) in [6, 6.07) is 58.9. The molecule has 4 nitrogen and oxygen atoms in total. The quantitative estimate of drug-likeness (QED) is 0.169. The summed E-state index contributed by atoms with van der Waals surface area (Å²) >= 11 is 0. The molecule has 318 valence electrons. The highest BCUT2D eigenvalue weighted by Gasteiger charge is 2.24. The van der Waals surface area contributed by atoms with Gasteiger partial charge in [-0.1, -0.05) is 147 Å². The first-order valence-corrected chi connectivity index (χ1v) is 23.6. The minimum absolute atomic E-state index is 0.470. The number of benzene rings is 7. The maximum absolute atomic E-state index is 2.52. The molecule has 0 radical (unpaired) electrons. The predicted molar refractivity (Wildman–Crippen MR) is 279 cm³/mol. The van der Waals surface area contributed by atoms with Crippen LogP contribution in [0.5, 0.6) is 0 Å². The van der Waals surface area contributed by atoms with Crippen LogP contribution in [-0.2, 0) is 6.42 Å². The smallest absolute Gasteiger partial charge is 0.0561 e. The summed E-state index contributed by atoms with van der Waals surface area (Å²) in [5.74, 6) is 0.990. The van der Waals surface area contributed by atoms with Gasteiger partial charge in [-0.25, -0.2) is 0 Å². The molecular formula is C62H50N4. The number of fused-ring (bicyclic) bond motifs is 9. The first-order chi connectivity index (χ1) is 32.6. The van der Waals surface area contributed by atoms with E-state index in [1.807, 2.05) is 0 Å². The van der Waals surface area contributed by atoms with Crippen LogP contribution in [0, 0.1) is 11.8 Å². The zero-order valence-electron chi connectivity index (χ0n) is 37.4. The fourth-order valence-corrected chi connectivity index (χ4v) is 11.3. The molecule has 10 aromatic rings. The van der Waals surface area contributed by atoms with Gasteiger partial charge in [-0.2, -0.15) is 0 Å². The van der Waals surface area contributed by atoms with Gasteiger partial charge in [0.2, 0.25) is 0 Å². The van der Waals surface area contributed by atoms with Crippen LogP contribution in [0.2, 0.25) is 0 Å². The van der Waals surface area contributed by atoms with Gasteiger partial charge >= 0.3 is 0 Å². The Balaban J connectivity index is 0.880. The van der Waals surface area contributed by atoms with E-state index in [0.717, 1.165) is 31.5 Å². The largest absolute Gasteiger partial charge is 0.338 e. The van der Waals surface area contributed by atoms with E-state index in [4.69, 9.17) is 0 Å². The fraction of sp³-hybridized carbons (Fsp3) is 0.129. The molecule has 13 rings (SSSR count). The maximum atomic E-state index is 2.52. The van der Waals surface area contributed by atoms with E-state index in [9.17, 15) is 0 Å². The Hall–Kier alpha value is -7.82. The zero-order chi connectivity index (χ0) is 43.9. The van der Waals surface area contributed by atoms with Gasteiger partial charge in [0.25, 0.3) is 0 Å². The van der Waals surface area contributed by atoms with Crippen molar-refractivity contribution >= 4 is 66.3 Å². The fourth-order valence-electron chi connectivity index (χ4n) is 11.3. The lowest BCUT2D eigenvalue weighted by atomic mass is 9.88. The third kappa shape index (κ3) is 6.12. The molecule has 3 aromatic heterocycles. The number of aromatic nitrogens is 3. The number of hydrogen-bond acceptors (Lipinski definition) is 1. The topological polar surface area (TPSA) is 18.0 Å². The van der Waals surface area contributed by atoms with Gasteiger partial charge in [0, 0.05) is 73.2 Å². The van der Waals surface area contributed by atoms with Crippen molar-refractivity contribution in [2.45, 2.75) is 33.1 Å². The van der Waals surface area contributed by atoms with E-state index in [1.165, 1.54) is 105 Å². The van der Waals surface area contributed by atoms with Gasteiger partial charge in [-0.3, -0.25) is 0 Å².